The molecule has 9 heteroatoms. The van der Waals surface area contributed by atoms with E-state index in [9.17, 15) is 27.2 Å². The lowest BCUT2D eigenvalue weighted by molar-refractivity contribution is -0.137. The summed E-state index contributed by atoms with van der Waals surface area (Å²) in [6.45, 7) is 1.79. The Hall–Kier alpha value is -2.16. The second-order valence-electron chi connectivity index (χ2n) is 8.48. The lowest BCUT2D eigenvalue weighted by atomic mass is 9.95. The van der Waals surface area contributed by atoms with E-state index in [1.54, 1.807) is 0 Å². The van der Waals surface area contributed by atoms with Gasteiger partial charge in [-0.3, -0.25) is 9.59 Å². The summed E-state index contributed by atoms with van der Waals surface area (Å²) in [6.07, 6.45) is 2.59. The van der Waals surface area contributed by atoms with Crippen molar-refractivity contribution in [3.63, 3.8) is 0 Å². The summed E-state index contributed by atoms with van der Waals surface area (Å²) in [5.41, 5.74) is -1.54. The van der Waals surface area contributed by atoms with Crippen molar-refractivity contribution in [3.05, 3.63) is 35.1 Å². The van der Waals surface area contributed by atoms with Crippen LogP contribution >= 0.6 is 0 Å². The molecule has 2 fully saturated rings. The summed E-state index contributed by atoms with van der Waals surface area (Å²) in [5.74, 6) is -1.64. The summed E-state index contributed by atoms with van der Waals surface area (Å²) in [5, 5.41) is 5.95. The van der Waals surface area contributed by atoms with Crippen LogP contribution in [-0.4, -0.2) is 48.9 Å². The Kier molecular flexibility index (Phi) is 7.91. The average Bonchev–Trinajstić information content (AvgIpc) is 2.76. The lowest BCUT2D eigenvalue weighted by Crippen LogP contribution is -2.46. The van der Waals surface area contributed by atoms with Gasteiger partial charge in [0.05, 0.1) is 12.1 Å². The van der Waals surface area contributed by atoms with E-state index in [-0.39, 0.29) is 23.9 Å². The van der Waals surface area contributed by atoms with Gasteiger partial charge in [0.25, 0.3) is 5.91 Å². The third-order valence-corrected chi connectivity index (χ3v) is 6.15. The van der Waals surface area contributed by atoms with Crippen molar-refractivity contribution in [1.29, 1.82) is 0 Å². The van der Waals surface area contributed by atoms with Gasteiger partial charge in [-0.15, -0.1) is 0 Å². The quantitative estimate of drug-likeness (QED) is 0.659. The molecule has 1 aromatic rings. The first-order valence-corrected chi connectivity index (χ1v) is 10.9. The van der Waals surface area contributed by atoms with Crippen LogP contribution < -0.4 is 10.6 Å². The third-order valence-electron chi connectivity index (χ3n) is 6.15. The summed E-state index contributed by atoms with van der Waals surface area (Å²) in [4.78, 5) is 26.4. The van der Waals surface area contributed by atoms with Gasteiger partial charge in [-0.1, -0.05) is 19.3 Å². The first-order chi connectivity index (χ1) is 14.7. The standard InChI is InChI=1S/C22H29F4N3O2/c23-18-11-16(10-17(12-18)22(24,25)26)21(31)28-13-15-6-8-29(9-7-15)20(30)14-27-19-4-2-1-3-5-19/h10-12,15,19,27H,1-9,13-14H2,(H,28,31). The van der Waals surface area contributed by atoms with Crippen molar-refractivity contribution in [2.75, 3.05) is 26.2 Å². The Labute approximate surface area is 179 Å². The van der Waals surface area contributed by atoms with Crippen LogP contribution in [-0.2, 0) is 11.0 Å². The van der Waals surface area contributed by atoms with Gasteiger partial charge in [-0.25, -0.2) is 4.39 Å². The molecule has 2 N–H and O–H groups in total. The molecule has 1 saturated carbocycles. The zero-order valence-electron chi connectivity index (χ0n) is 17.4. The van der Waals surface area contributed by atoms with E-state index in [0.717, 1.165) is 18.9 Å². The molecule has 1 aliphatic heterocycles. The normalized spacial score (nSPS) is 18.8. The van der Waals surface area contributed by atoms with Crippen molar-refractivity contribution in [1.82, 2.24) is 15.5 Å². The molecule has 0 atom stereocenters. The Morgan fingerprint density at radius 2 is 1.68 bits per heavy atom. The van der Waals surface area contributed by atoms with E-state index in [0.29, 0.717) is 50.7 Å². The van der Waals surface area contributed by atoms with Crippen LogP contribution in [0.2, 0.25) is 0 Å². The number of carbonyl (C=O) groups excluding carboxylic acids is 2. The summed E-state index contributed by atoms with van der Waals surface area (Å²) in [7, 11) is 0. The van der Waals surface area contributed by atoms with Crippen LogP contribution in [0.3, 0.4) is 0 Å². The number of halogens is 4. The number of alkyl halides is 3. The molecule has 0 spiro atoms. The molecule has 1 heterocycles. The third kappa shape index (κ3) is 6.92. The number of piperidine rings is 1. The van der Waals surface area contributed by atoms with Gasteiger partial charge in [0, 0.05) is 31.2 Å². The maximum Gasteiger partial charge on any atom is 0.416 e. The van der Waals surface area contributed by atoms with Crippen LogP contribution in [0, 0.1) is 11.7 Å². The van der Waals surface area contributed by atoms with Crippen LogP contribution in [0.25, 0.3) is 0 Å². The van der Waals surface area contributed by atoms with Crippen LogP contribution in [0.1, 0.15) is 60.9 Å². The number of amides is 2. The lowest BCUT2D eigenvalue weighted by Gasteiger charge is -2.33. The molecule has 1 saturated heterocycles. The minimum atomic E-state index is -4.72. The van der Waals surface area contributed by atoms with Gasteiger partial charge in [0.15, 0.2) is 0 Å². The van der Waals surface area contributed by atoms with Crippen molar-refractivity contribution in [2.24, 2.45) is 5.92 Å². The van der Waals surface area contributed by atoms with Crippen molar-refractivity contribution >= 4 is 11.8 Å². The van der Waals surface area contributed by atoms with Crippen molar-refractivity contribution < 1.29 is 27.2 Å². The number of hydrogen-bond acceptors (Lipinski definition) is 3. The summed E-state index contributed by atoms with van der Waals surface area (Å²) >= 11 is 0. The van der Waals surface area contributed by atoms with E-state index >= 15 is 0 Å². The summed E-state index contributed by atoms with van der Waals surface area (Å²) < 4.78 is 51.9. The van der Waals surface area contributed by atoms with Gasteiger partial charge in [0.2, 0.25) is 5.91 Å². The molecular formula is C22H29F4N3O2. The van der Waals surface area contributed by atoms with E-state index in [2.05, 4.69) is 10.6 Å². The Balaban J connectivity index is 1.41. The van der Waals surface area contributed by atoms with Gasteiger partial charge < -0.3 is 15.5 Å². The number of likely N-dealkylation sites (tertiary alicyclic amines) is 1. The van der Waals surface area contributed by atoms with Gasteiger partial charge in [-0.05, 0) is 49.8 Å². The number of benzene rings is 1. The van der Waals surface area contributed by atoms with E-state index < -0.39 is 23.5 Å². The predicted octanol–water partition coefficient (Wildman–Crippen LogP) is 3.74. The Bertz CT molecular complexity index is 771. The fourth-order valence-corrected chi connectivity index (χ4v) is 4.26. The van der Waals surface area contributed by atoms with Gasteiger partial charge in [-0.2, -0.15) is 13.2 Å². The number of nitrogens with zero attached hydrogens (tertiary/aromatic N) is 1. The SMILES string of the molecule is O=C(NCC1CCN(C(=O)CNC2CCCCC2)CC1)c1cc(F)cc(C(F)(F)F)c1. The minimum Gasteiger partial charge on any atom is -0.352 e. The van der Waals surface area contributed by atoms with Crippen LogP contribution in [0.5, 0.6) is 0 Å². The molecule has 0 bridgehead atoms. The van der Waals surface area contributed by atoms with E-state index in [1.807, 2.05) is 4.90 Å². The number of hydrogen-bond donors (Lipinski definition) is 2. The second-order valence-corrected chi connectivity index (χ2v) is 8.48. The fourth-order valence-electron chi connectivity index (χ4n) is 4.26. The molecule has 0 unspecified atom stereocenters. The van der Waals surface area contributed by atoms with E-state index in [1.165, 1.54) is 19.3 Å². The first-order valence-electron chi connectivity index (χ1n) is 10.9. The zero-order valence-corrected chi connectivity index (χ0v) is 17.4. The maximum atomic E-state index is 13.5. The van der Waals surface area contributed by atoms with Gasteiger partial charge >= 0.3 is 6.18 Å². The van der Waals surface area contributed by atoms with E-state index in [4.69, 9.17) is 0 Å². The monoisotopic (exact) mass is 443 g/mol. The summed E-state index contributed by atoms with van der Waals surface area (Å²) in [6, 6.07) is 2.24. The number of rotatable bonds is 6. The van der Waals surface area contributed by atoms with Gasteiger partial charge in [0.1, 0.15) is 5.82 Å². The van der Waals surface area contributed by atoms with Crippen LogP contribution in [0.15, 0.2) is 18.2 Å². The molecule has 1 aliphatic carbocycles. The van der Waals surface area contributed by atoms with Crippen molar-refractivity contribution in [2.45, 2.75) is 57.2 Å². The molecule has 5 nitrogen and oxygen atoms in total. The molecule has 0 radical (unpaired) electrons. The maximum absolute atomic E-state index is 13.5. The molecule has 172 valence electrons. The molecular weight excluding hydrogens is 414 g/mol. The Morgan fingerprint density at radius 1 is 1.00 bits per heavy atom. The first kappa shape index (κ1) is 23.5. The molecule has 1 aromatic carbocycles. The molecule has 31 heavy (non-hydrogen) atoms. The molecule has 2 amide bonds. The predicted molar refractivity (Wildman–Crippen MR) is 108 cm³/mol. The highest BCUT2D eigenvalue weighted by molar-refractivity contribution is 5.94. The average molecular weight is 443 g/mol. The zero-order chi connectivity index (χ0) is 22.4. The highest BCUT2D eigenvalue weighted by atomic mass is 19.4. The minimum absolute atomic E-state index is 0.0764. The number of nitrogens with one attached hydrogen (secondary N) is 2. The second kappa shape index (κ2) is 10.4. The largest absolute Gasteiger partial charge is 0.416 e. The van der Waals surface area contributed by atoms with Crippen molar-refractivity contribution in [3.8, 4) is 0 Å². The molecule has 2 aliphatic rings. The highest BCUT2D eigenvalue weighted by Gasteiger charge is 2.32. The topological polar surface area (TPSA) is 61.4 Å². The number of carbonyl (C=O) groups is 2. The molecule has 0 aromatic heterocycles. The highest BCUT2D eigenvalue weighted by Crippen LogP contribution is 2.30. The smallest absolute Gasteiger partial charge is 0.352 e. The van der Waals surface area contributed by atoms with Crippen LogP contribution in [0.4, 0.5) is 17.6 Å². The Morgan fingerprint density at radius 3 is 2.32 bits per heavy atom. The fraction of sp³-hybridized carbons (Fsp3) is 0.636. The molecule has 3 rings (SSSR count).